The fourth-order valence-electron chi connectivity index (χ4n) is 6.49. The molecule has 230 valence electrons. The van der Waals surface area contributed by atoms with Gasteiger partial charge in [0.1, 0.15) is 0 Å². The minimum absolute atomic E-state index is 1.03. The Hall–Kier alpha value is -5.40. The van der Waals surface area contributed by atoms with E-state index in [1.165, 1.54) is 92.0 Å². The van der Waals surface area contributed by atoms with Gasteiger partial charge in [-0.2, -0.15) is 0 Å². The summed E-state index contributed by atoms with van der Waals surface area (Å²) < 4.78 is 2.55. The summed E-state index contributed by atoms with van der Waals surface area (Å²) in [4.78, 5) is 0. The molecule has 1 heteroatoms. The summed E-state index contributed by atoms with van der Waals surface area (Å²) in [6.07, 6.45) is 13.9. The quantitative estimate of drug-likeness (QED) is 0.102. The van der Waals surface area contributed by atoms with E-state index in [-0.39, 0.29) is 0 Å². The molecular weight excluding hydrogens is 567 g/mol. The maximum Gasteiger partial charge on any atom is 0.0497 e. The molecule has 7 aromatic rings. The van der Waals surface area contributed by atoms with Gasteiger partial charge in [-0.05, 0) is 63.1 Å². The van der Waals surface area contributed by atoms with Crippen LogP contribution >= 0.6 is 0 Å². The van der Waals surface area contributed by atoms with Gasteiger partial charge in [-0.25, -0.2) is 0 Å². The van der Waals surface area contributed by atoms with E-state index in [9.17, 15) is 0 Å². The first-order chi connectivity index (χ1) is 23.2. The molecule has 0 unspecified atom stereocenters. The molecule has 0 spiro atoms. The molecule has 0 amide bonds. The standard InChI is InChI=1S/C46H41N/c1-2-3-4-11-32-47-45-33-37(18-16-35-20-26-41(27-21-35)39-12-7-5-8-13-39)24-30-43(45)44-31-25-38(34-46(44)47)19-17-36-22-28-42(29-23-36)40-14-9-6-10-15-40/h5-10,12-31,33-34H,2-4,11,32H2,1H3. The van der Waals surface area contributed by atoms with Crippen molar-refractivity contribution >= 4 is 46.1 Å². The Labute approximate surface area is 279 Å². The van der Waals surface area contributed by atoms with Crippen molar-refractivity contribution in [3.05, 3.63) is 168 Å². The van der Waals surface area contributed by atoms with Gasteiger partial charge in [0, 0.05) is 28.4 Å². The normalized spacial score (nSPS) is 11.8. The molecular formula is C46H41N. The van der Waals surface area contributed by atoms with Crippen molar-refractivity contribution in [2.45, 2.75) is 39.2 Å². The third-order valence-corrected chi connectivity index (χ3v) is 9.12. The van der Waals surface area contributed by atoms with Crippen LogP contribution in [0.25, 0.3) is 68.4 Å². The SMILES string of the molecule is CCCCCCn1c2cc(C=Cc3ccc(-c4ccccc4)cc3)ccc2c2ccc(C=Cc3ccc(-c4ccccc4)cc3)cc21. The fraction of sp³-hybridized carbons (Fsp3) is 0.130. The van der Waals surface area contributed by atoms with Crippen LogP contribution in [-0.4, -0.2) is 4.57 Å². The first-order valence-electron chi connectivity index (χ1n) is 17.0. The van der Waals surface area contributed by atoms with Crippen LogP contribution in [0.15, 0.2) is 146 Å². The van der Waals surface area contributed by atoms with Crippen LogP contribution in [0.2, 0.25) is 0 Å². The van der Waals surface area contributed by atoms with Crippen LogP contribution in [0.1, 0.15) is 54.9 Å². The number of nitrogens with zero attached hydrogens (tertiary/aromatic N) is 1. The second-order valence-corrected chi connectivity index (χ2v) is 12.4. The largest absolute Gasteiger partial charge is 0.340 e. The van der Waals surface area contributed by atoms with E-state index in [1.807, 2.05) is 0 Å². The number of rotatable bonds is 11. The average molecular weight is 608 g/mol. The van der Waals surface area contributed by atoms with Gasteiger partial charge in [0.2, 0.25) is 0 Å². The molecule has 0 aliphatic carbocycles. The second kappa shape index (κ2) is 14.4. The lowest BCUT2D eigenvalue weighted by molar-refractivity contribution is 0.602. The van der Waals surface area contributed by atoms with Crippen molar-refractivity contribution in [2.75, 3.05) is 0 Å². The summed E-state index contributed by atoms with van der Waals surface area (Å²) in [5, 5.41) is 2.65. The zero-order valence-electron chi connectivity index (χ0n) is 27.1. The van der Waals surface area contributed by atoms with Crippen LogP contribution in [0.4, 0.5) is 0 Å². The molecule has 0 saturated carbocycles. The number of hydrogen-bond acceptors (Lipinski definition) is 0. The second-order valence-electron chi connectivity index (χ2n) is 12.4. The Morgan fingerprint density at radius 1 is 0.404 bits per heavy atom. The maximum atomic E-state index is 2.55. The van der Waals surface area contributed by atoms with Gasteiger partial charge in [-0.3, -0.25) is 0 Å². The average Bonchev–Trinajstić information content (AvgIpc) is 3.44. The molecule has 0 atom stereocenters. The zero-order chi connectivity index (χ0) is 31.8. The molecule has 0 radical (unpaired) electrons. The number of aryl methyl sites for hydroxylation is 1. The molecule has 6 aromatic carbocycles. The van der Waals surface area contributed by atoms with Crippen LogP contribution < -0.4 is 0 Å². The third kappa shape index (κ3) is 7.05. The van der Waals surface area contributed by atoms with Crippen LogP contribution in [0.3, 0.4) is 0 Å². The minimum atomic E-state index is 1.03. The minimum Gasteiger partial charge on any atom is -0.340 e. The molecule has 0 N–H and O–H groups in total. The van der Waals surface area contributed by atoms with Gasteiger partial charge in [-0.15, -0.1) is 0 Å². The Balaban J connectivity index is 1.16. The van der Waals surface area contributed by atoms with Crippen LogP contribution in [-0.2, 0) is 6.54 Å². The van der Waals surface area contributed by atoms with Crippen molar-refractivity contribution < 1.29 is 0 Å². The highest BCUT2D eigenvalue weighted by Gasteiger charge is 2.11. The predicted molar refractivity (Wildman–Crippen MR) is 205 cm³/mol. The van der Waals surface area contributed by atoms with Gasteiger partial charge >= 0.3 is 0 Å². The molecule has 7 rings (SSSR count). The number of hydrogen-bond donors (Lipinski definition) is 0. The van der Waals surface area contributed by atoms with Gasteiger partial charge in [0.15, 0.2) is 0 Å². The first kappa shape index (κ1) is 30.3. The summed E-state index contributed by atoms with van der Waals surface area (Å²) in [7, 11) is 0. The Morgan fingerprint density at radius 3 is 1.26 bits per heavy atom. The summed E-state index contributed by atoms with van der Waals surface area (Å²) >= 11 is 0. The van der Waals surface area contributed by atoms with E-state index in [1.54, 1.807) is 0 Å². The van der Waals surface area contributed by atoms with E-state index in [2.05, 4.69) is 181 Å². The van der Waals surface area contributed by atoms with Gasteiger partial charge in [-0.1, -0.05) is 184 Å². The topological polar surface area (TPSA) is 4.93 Å². The molecule has 0 bridgehead atoms. The van der Waals surface area contributed by atoms with Crippen LogP contribution in [0, 0.1) is 0 Å². The van der Waals surface area contributed by atoms with E-state index in [4.69, 9.17) is 0 Å². The summed E-state index contributed by atoms with van der Waals surface area (Å²) in [6.45, 7) is 3.31. The highest BCUT2D eigenvalue weighted by molar-refractivity contribution is 6.09. The Kier molecular flexibility index (Phi) is 9.24. The number of benzene rings is 6. The number of unbranched alkanes of at least 4 members (excludes halogenated alkanes) is 3. The summed E-state index contributed by atoms with van der Waals surface area (Å²) in [5.41, 5.74) is 12.5. The summed E-state index contributed by atoms with van der Waals surface area (Å²) in [6, 6.07) is 52.6. The molecule has 0 saturated heterocycles. The highest BCUT2D eigenvalue weighted by atomic mass is 15.0. The molecule has 1 heterocycles. The third-order valence-electron chi connectivity index (χ3n) is 9.12. The van der Waals surface area contributed by atoms with E-state index in [0.717, 1.165) is 6.54 Å². The smallest absolute Gasteiger partial charge is 0.0497 e. The van der Waals surface area contributed by atoms with Gasteiger partial charge in [0.25, 0.3) is 0 Å². The summed E-state index contributed by atoms with van der Waals surface area (Å²) in [5.74, 6) is 0. The van der Waals surface area contributed by atoms with E-state index < -0.39 is 0 Å². The van der Waals surface area contributed by atoms with Gasteiger partial charge in [0.05, 0.1) is 0 Å². The molecule has 1 nitrogen and oxygen atoms in total. The molecule has 47 heavy (non-hydrogen) atoms. The van der Waals surface area contributed by atoms with Crippen molar-refractivity contribution in [3.63, 3.8) is 0 Å². The van der Waals surface area contributed by atoms with Crippen molar-refractivity contribution in [1.82, 2.24) is 4.57 Å². The maximum absolute atomic E-state index is 2.55. The van der Waals surface area contributed by atoms with E-state index in [0.29, 0.717) is 0 Å². The molecule has 1 aromatic heterocycles. The molecule has 0 aliphatic rings. The number of fused-ring (bicyclic) bond motifs is 3. The lowest BCUT2D eigenvalue weighted by Crippen LogP contribution is -1.98. The monoisotopic (exact) mass is 607 g/mol. The Bertz CT molecular complexity index is 1980. The zero-order valence-corrected chi connectivity index (χ0v) is 27.1. The molecule has 0 aliphatic heterocycles. The van der Waals surface area contributed by atoms with Crippen molar-refractivity contribution in [1.29, 1.82) is 0 Å². The van der Waals surface area contributed by atoms with Crippen molar-refractivity contribution in [2.24, 2.45) is 0 Å². The van der Waals surface area contributed by atoms with E-state index >= 15 is 0 Å². The number of aromatic nitrogens is 1. The predicted octanol–water partition coefficient (Wildman–Crippen LogP) is 13.0. The Morgan fingerprint density at radius 2 is 0.809 bits per heavy atom. The fourth-order valence-corrected chi connectivity index (χ4v) is 6.49. The highest BCUT2D eigenvalue weighted by Crippen LogP contribution is 2.32. The first-order valence-corrected chi connectivity index (χ1v) is 17.0. The van der Waals surface area contributed by atoms with Gasteiger partial charge < -0.3 is 4.57 Å². The lowest BCUT2D eigenvalue weighted by atomic mass is 10.0. The molecule has 0 fully saturated rings. The van der Waals surface area contributed by atoms with Crippen LogP contribution in [0.5, 0.6) is 0 Å². The van der Waals surface area contributed by atoms with Crippen molar-refractivity contribution in [3.8, 4) is 22.3 Å². The lowest BCUT2D eigenvalue weighted by Gasteiger charge is -2.08.